The molecule has 136 valence electrons. The maximum Gasteiger partial charge on any atom is 0.191 e. The van der Waals surface area contributed by atoms with Crippen LogP contribution >= 0.6 is 35.7 Å². The summed E-state index contributed by atoms with van der Waals surface area (Å²) in [6.45, 7) is 10.4. The first kappa shape index (κ1) is 21.3. The zero-order valence-electron chi connectivity index (χ0n) is 14.7. The van der Waals surface area contributed by atoms with Crippen LogP contribution in [0.25, 0.3) is 0 Å². The molecule has 0 amide bonds. The molecule has 2 N–H and O–H groups in total. The van der Waals surface area contributed by atoms with Crippen molar-refractivity contribution in [3.8, 4) is 0 Å². The summed E-state index contributed by atoms with van der Waals surface area (Å²) in [7, 11) is 1.84. The van der Waals surface area contributed by atoms with Crippen molar-refractivity contribution in [2.45, 2.75) is 38.0 Å². The molecule has 0 aromatic heterocycles. The number of morpholine rings is 1. The molecule has 2 atom stereocenters. The fourth-order valence-electron chi connectivity index (χ4n) is 3.03. The third-order valence-corrected chi connectivity index (χ3v) is 5.49. The summed E-state index contributed by atoms with van der Waals surface area (Å²) in [4.78, 5) is 6.82. The molecular formula is C16H33IN4OS. The van der Waals surface area contributed by atoms with E-state index in [0.29, 0.717) is 5.92 Å². The first-order valence-electron chi connectivity index (χ1n) is 8.57. The molecule has 2 aliphatic rings. The SMILES string of the molecule is CN=C(NCC1CN(CC(C)C)CCO1)NCC1CCCS1.I. The van der Waals surface area contributed by atoms with Gasteiger partial charge in [0.05, 0.1) is 12.7 Å². The lowest BCUT2D eigenvalue weighted by molar-refractivity contribution is -0.0284. The molecule has 2 rings (SSSR count). The quantitative estimate of drug-likeness (QED) is 0.364. The monoisotopic (exact) mass is 456 g/mol. The minimum Gasteiger partial charge on any atom is -0.374 e. The maximum absolute atomic E-state index is 5.87. The Balaban J connectivity index is 0.00000264. The van der Waals surface area contributed by atoms with Crippen molar-refractivity contribution in [1.82, 2.24) is 15.5 Å². The number of nitrogens with one attached hydrogen (secondary N) is 2. The van der Waals surface area contributed by atoms with Crippen LogP contribution in [0.4, 0.5) is 0 Å². The van der Waals surface area contributed by atoms with E-state index < -0.39 is 0 Å². The third-order valence-electron chi connectivity index (χ3n) is 4.09. The first-order chi connectivity index (χ1) is 10.7. The highest BCUT2D eigenvalue weighted by atomic mass is 127. The van der Waals surface area contributed by atoms with Gasteiger partial charge in [-0.05, 0) is 24.5 Å². The molecule has 0 radical (unpaired) electrons. The van der Waals surface area contributed by atoms with Gasteiger partial charge in [0.1, 0.15) is 0 Å². The van der Waals surface area contributed by atoms with Gasteiger partial charge in [0.25, 0.3) is 0 Å². The minimum atomic E-state index is 0. The van der Waals surface area contributed by atoms with Crippen molar-refractivity contribution in [3.63, 3.8) is 0 Å². The van der Waals surface area contributed by atoms with E-state index in [1.54, 1.807) is 0 Å². The number of thioether (sulfide) groups is 1. The summed E-state index contributed by atoms with van der Waals surface area (Å²) < 4.78 is 5.87. The Hall–Kier alpha value is 0.270. The highest BCUT2D eigenvalue weighted by Crippen LogP contribution is 2.25. The Bertz CT molecular complexity index is 351. The second-order valence-corrected chi connectivity index (χ2v) is 8.02. The molecule has 0 aliphatic carbocycles. The lowest BCUT2D eigenvalue weighted by Gasteiger charge is -2.34. The number of hydrogen-bond donors (Lipinski definition) is 2. The first-order valence-corrected chi connectivity index (χ1v) is 9.62. The molecular weight excluding hydrogens is 423 g/mol. The van der Waals surface area contributed by atoms with Gasteiger partial charge in [-0.15, -0.1) is 24.0 Å². The molecule has 2 unspecified atom stereocenters. The van der Waals surface area contributed by atoms with Crippen molar-refractivity contribution in [2.24, 2.45) is 10.9 Å². The zero-order valence-corrected chi connectivity index (χ0v) is 17.9. The fraction of sp³-hybridized carbons (Fsp3) is 0.938. The van der Waals surface area contributed by atoms with Crippen LogP contribution in [-0.4, -0.2) is 74.3 Å². The molecule has 23 heavy (non-hydrogen) atoms. The number of ether oxygens (including phenoxy) is 1. The van der Waals surface area contributed by atoms with Crippen molar-refractivity contribution in [2.75, 3.05) is 52.1 Å². The summed E-state index contributed by atoms with van der Waals surface area (Å²) >= 11 is 2.07. The normalized spacial score (nSPS) is 26.2. The van der Waals surface area contributed by atoms with Crippen molar-refractivity contribution in [1.29, 1.82) is 0 Å². The number of nitrogens with zero attached hydrogens (tertiary/aromatic N) is 2. The lowest BCUT2D eigenvalue weighted by Crippen LogP contribution is -2.50. The highest BCUT2D eigenvalue weighted by molar-refractivity contribution is 14.0. The molecule has 2 fully saturated rings. The summed E-state index contributed by atoms with van der Waals surface area (Å²) in [6, 6.07) is 0. The van der Waals surface area contributed by atoms with Gasteiger partial charge in [0.15, 0.2) is 5.96 Å². The van der Waals surface area contributed by atoms with E-state index in [-0.39, 0.29) is 30.1 Å². The summed E-state index contributed by atoms with van der Waals surface area (Å²) in [5.74, 6) is 2.92. The standard InChI is InChI=1S/C16H32N4OS.HI/c1-13(2)11-20-6-7-21-14(12-20)9-18-16(17-3)19-10-15-5-4-8-22-15;/h13-15H,4-12H2,1-3H3,(H2,17,18,19);1H. The molecule has 0 aromatic rings. The van der Waals surface area contributed by atoms with Crippen molar-refractivity contribution < 1.29 is 4.74 Å². The van der Waals surface area contributed by atoms with E-state index in [1.807, 2.05) is 7.05 Å². The van der Waals surface area contributed by atoms with E-state index in [2.05, 4.69) is 46.1 Å². The average Bonchev–Trinajstić information content (AvgIpc) is 3.00. The molecule has 2 aliphatic heterocycles. The van der Waals surface area contributed by atoms with Crippen LogP contribution in [0.1, 0.15) is 26.7 Å². The van der Waals surface area contributed by atoms with Crippen LogP contribution in [0.5, 0.6) is 0 Å². The van der Waals surface area contributed by atoms with Gasteiger partial charge in [-0.2, -0.15) is 11.8 Å². The van der Waals surface area contributed by atoms with Crippen LogP contribution in [0.3, 0.4) is 0 Å². The summed E-state index contributed by atoms with van der Waals surface area (Å²) in [5.41, 5.74) is 0. The predicted molar refractivity (Wildman–Crippen MR) is 111 cm³/mol. The van der Waals surface area contributed by atoms with Crippen LogP contribution in [0.2, 0.25) is 0 Å². The molecule has 7 heteroatoms. The second-order valence-electron chi connectivity index (χ2n) is 6.62. The molecule has 2 heterocycles. The van der Waals surface area contributed by atoms with Crippen molar-refractivity contribution >= 4 is 41.7 Å². The van der Waals surface area contributed by atoms with Crippen LogP contribution in [-0.2, 0) is 4.74 Å². The molecule has 0 spiro atoms. The van der Waals surface area contributed by atoms with Gasteiger partial charge in [-0.3, -0.25) is 9.89 Å². The summed E-state index contributed by atoms with van der Waals surface area (Å²) in [6.07, 6.45) is 2.93. The topological polar surface area (TPSA) is 48.9 Å². The minimum absolute atomic E-state index is 0. The maximum atomic E-state index is 5.87. The van der Waals surface area contributed by atoms with Gasteiger partial charge < -0.3 is 15.4 Å². The molecule has 0 saturated carbocycles. The number of hydrogen-bond acceptors (Lipinski definition) is 4. The van der Waals surface area contributed by atoms with E-state index >= 15 is 0 Å². The Morgan fingerprint density at radius 2 is 2.13 bits per heavy atom. The zero-order chi connectivity index (χ0) is 15.8. The van der Waals surface area contributed by atoms with Crippen molar-refractivity contribution in [3.05, 3.63) is 0 Å². The van der Waals surface area contributed by atoms with E-state index in [1.165, 1.54) is 18.6 Å². The van der Waals surface area contributed by atoms with Gasteiger partial charge in [0, 0.05) is 45.0 Å². The number of guanidine groups is 1. The Morgan fingerprint density at radius 1 is 1.35 bits per heavy atom. The smallest absolute Gasteiger partial charge is 0.191 e. The molecule has 2 saturated heterocycles. The van der Waals surface area contributed by atoms with E-state index in [0.717, 1.165) is 50.5 Å². The number of rotatable bonds is 6. The fourth-order valence-corrected chi connectivity index (χ4v) is 4.23. The highest BCUT2D eigenvalue weighted by Gasteiger charge is 2.21. The lowest BCUT2D eigenvalue weighted by atomic mass is 10.2. The van der Waals surface area contributed by atoms with Gasteiger partial charge in [0.2, 0.25) is 0 Å². The van der Waals surface area contributed by atoms with Crippen LogP contribution in [0, 0.1) is 5.92 Å². The largest absolute Gasteiger partial charge is 0.374 e. The number of aliphatic imine (C=N–C) groups is 1. The molecule has 0 bridgehead atoms. The Labute approximate surface area is 162 Å². The number of halogens is 1. The van der Waals surface area contributed by atoms with Crippen LogP contribution in [0.15, 0.2) is 4.99 Å². The second kappa shape index (κ2) is 11.8. The summed E-state index contributed by atoms with van der Waals surface area (Å²) in [5, 5.41) is 7.60. The molecule has 5 nitrogen and oxygen atoms in total. The van der Waals surface area contributed by atoms with Gasteiger partial charge in [-0.1, -0.05) is 13.8 Å². The third kappa shape index (κ3) is 8.27. The van der Waals surface area contributed by atoms with Gasteiger partial charge in [-0.25, -0.2) is 0 Å². The van der Waals surface area contributed by atoms with Gasteiger partial charge >= 0.3 is 0 Å². The average molecular weight is 456 g/mol. The predicted octanol–water partition coefficient (Wildman–Crippen LogP) is 2.02. The Morgan fingerprint density at radius 3 is 2.78 bits per heavy atom. The van der Waals surface area contributed by atoms with E-state index in [9.17, 15) is 0 Å². The van der Waals surface area contributed by atoms with Crippen LogP contribution < -0.4 is 10.6 Å². The Kier molecular flexibility index (Phi) is 10.9. The molecule has 0 aromatic carbocycles. The van der Waals surface area contributed by atoms with E-state index in [4.69, 9.17) is 4.74 Å².